The van der Waals surface area contributed by atoms with Crippen LogP contribution in [0.25, 0.3) is 21.1 Å². The zero-order chi connectivity index (χ0) is 33.5. The number of aromatic nitrogens is 3. The standard InChI is InChI=1S/C35H38F3N6OPS/c1-22-5-6-24(15-32(22)46(3,4)45)9-14-44-27(19-39)16-29-23(2)25(7-8-31(29)44)20-43-12-10-26(11-13-43)42-33-30-17-28(18-35(36,37)38)47-34(30)41-21-40-33/h5-8,15-17,21,26H,9-14,18,20H2,1-4H3,(H,40,41,42). The normalized spacial score (nSPS) is 15.0. The first-order valence-corrected chi connectivity index (χ1v) is 19.2. The fraction of sp³-hybridized carbons (Fsp3) is 0.400. The number of nitrogens with zero attached hydrogens (tertiary/aromatic N) is 5. The van der Waals surface area contributed by atoms with Gasteiger partial charge in [-0.2, -0.15) is 18.4 Å². The molecule has 0 atom stereocenters. The molecule has 12 heteroatoms. The third-order valence-electron chi connectivity index (χ3n) is 9.14. The Bertz CT molecular complexity index is 2030. The molecule has 1 N–H and O–H groups in total. The molecule has 3 aromatic heterocycles. The van der Waals surface area contributed by atoms with Gasteiger partial charge in [-0.05, 0) is 93.0 Å². The second-order valence-corrected chi connectivity index (χ2v) is 17.2. The van der Waals surface area contributed by atoms with Gasteiger partial charge < -0.3 is 14.4 Å². The molecular formula is C35H38F3N6OPS. The number of nitrogens with one attached hydrogen (secondary N) is 1. The minimum absolute atomic E-state index is 0.164. The molecule has 1 aliphatic rings. The van der Waals surface area contributed by atoms with Crippen LogP contribution in [0.2, 0.25) is 0 Å². The molecule has 0 radical (unpaired) electrons. The van der Waals surface area contributed by atoms with Crippen molar-refractivity contribution in [2.24, 2.45) is 0 Å². The number of rotatable bonds is 9. The number of anilines is 1. The number of alkyl halides is 3. The number of halogens is 3. The molecule has 5 aromatic rings. The summed E-state index contributed by atoms with van der Waals surface area (Å²) in [4.78, 5) is 11.8. The molecule has 0 amide bonds. The topological polar surface area (TPSA) is 86.8 Å². The quantitative estimate of drug-likeness (QED) is 0.160. The zero-order valence-corrected chi connectivity index (χ0v) is 28.7. The maximum Gasteiger partial charge on any atom is 0.393 e. The summed E-state index contributed by atoms with van der Waals surface area (Å²) in [7, 11) is -2.39. The van der Waals surface area contributed by atoms with Crippen LogP contribution in [-0.4, -0.2) is 58.1 Å². The highest BCUT2D eigenvalue weighted by Gasteiger charge is 2.29. The number of benzene rings is 2. The zero-order valence-electron chi connectivity index (χ0n) is 27.0. The molecule has 0 saturated carbocycles. The van der Waals surface area contributed by atoms with E-state index in [1.54, 1.807) is 19.4 Å². The van der Waals surface area contributed by atoms with Crippen molar-refractivity contribution in [1.82, 2.24) is 19.4 Å². The molecule has 0 aliphatic carbocycles. The van der Waals surface area contributed by atoms with E-state index in [2.05, 4.69) is 62.0 Å². The van der Waals surface area contributed by atoms with Crippen molar-refractivity contribution >= 4 is 50.7 Å². The van der Waals surface area contributed by atoms with E-state index in [0.717, 1.165) is 77.6 Å². The van der Waals surface area contributed by atoms with Gasteiger partial charge >= 0.3 is 6.18 Å². The number of piperidine rings is 1. The van der Waals surface area contributed by atoms with Crippen molar-refractivity contribution in [1.29, 1.82) is 5.26 Å². The number of thiophene rings is 1. The minimum atomic E-state index is -4.26. The highest BCUT2D eigenvalue weighted by molar-refractivity contribution is 7.70. The molecule has 7 nitrogen and oxygen atoms in total. The van der Waals surface area contributed by atoms with Gasteiger partial charge in [0, 0.05) is 53.3 Å². The Balaban J connectivity index is 1.11. The van der Waals surface area contributed by atoms with Gasteiger partial charge in [0.2, 0.25) is 0 Å². The van der Waals surface area contributed by atoms with E-state index in [4.69, 9.17) is 0 Å². The molecule has 6 rings (SSSR count). The summed E-state index contributed by atoms with van der Waals surface area (Å²) >= 11 is 1.06. The Morgan fingerprint density at radius 2 is 1.83 bits per heavy atom. The summed E-state index contributed by atoms with van der Waals surface area (Å²) in [6, 6.07) is 16.6. The molecule has 4 heterocycles. The summed E-state index contributed by atoms with van der Waals surface area (Å²) in [5, 5.41) is 16.1. The highest BCUT2D eigenvalue weighted by Crippen LogP contribution is 2.37. The van der Waals surface area contributed by atoms with E-state index in [1.165, 1.54) is 17.5 Å². The van der Waals surface area contributed by atoms with E-state index in [-0.39, 0.29) is 10.9 Å². The molecule has 1 saturated heterocycles. The fourth-order valence-corrected chi connectivity index (χ4v) is 9.06. The Labute approximate surface area is 276 Å². The van der Waals surface area contributed by atoms with Crippen molar-refractivity contribution in [3.05, 3.63) is 81.6 Å². The van der Waals surface area contributed by atoms with E-state index in [9.17, 15) is 23.0 Å². The minimum Gasteiger partial charge on any atom is -0.367 e. The van der Waals surface area contributed by atoms with Crippen LogP contribution < -0.4 is 10.6 Å². The Morgan fingerprint density at radius 1 is 1.06 bits per heavy atom. The van der Waals surface area contributed by atoms with Crippen LogP contribution in [0.1, 0.15) is 45.7 Å². The lowest BCUT2D eigenvalue weighted by atomic mass is 10.0. The Hall–Kier alpha value is -3.71. The third-order valence-corrected chi connectivity index (χ3v) is 11.8. The van der Waals surface area contributed by atoms with Crippen LogP contribution in [0.15, 0.2) is 48.8 Å². The summed E-state index contributed by atoms with van der Waals surface area (Å²) in [6.07, 6.45) is -1.31. The predicted octanol–water partition coefficient (Wildman–Crippen LogP) is 7.81. The number of likely N-dealkylation sites (tertiary alicyclic amines) is 1. The first kappa shape index (κ1) is 33.2. The summed E-state index contributed by atoms with van der Waals surface area (Å²) in [5.41, 5.74) is 6.22. The summed E-state index contributed by atoms with van der Waals surface area (Å²) in [6.45, 7) is 10.9. The molecule has 0 spiro atoms. The van der Waals surface area contributed by atoms with Crippen LogP contribution in [0.5, 0.6) is 0 Å². The van der Waals surface area contributed by atoms with Crippen LogP contribution in [0.3, 0.4) is 0 Å². The van der Waals surface area contributed by atoms with Gasteiger partial charge in [-0.1, -0.05) is 18.2 Å². The van der Waals surface area contributed by atoms with Crippen LogP contribution >= 0.6 is 18.5 Å². The van der Waals surface area contributed by atoms with Crippen LogP contribution in [-0.2, 0) is 30.5 Å². The first-order chi connectivity index (χ1) is 22.3. The number of aryl methyl sites for hydroxylation is 4. The first-order valence-electron chi connectivity index (χ1n) is 15.7. The molecule has 1 fully saturated rings. The number of nitriles is 1. The molecule has 0 unspecified atom stereocenters. The smallest absolute Gasteiger partial charge is 0.367 e. The third kappa shape index (κ3) is 7.40. The van der Waals surface area contributed by atoms with Gasteiger partial charge in [-0.25, -0.2) is 9.97 Å². The number of fused-ring (bicyclic) bond motifs is 2. The van der Waals surface area contributed by atoms with Crippen molar-refractivity contribution in [3.63, 3.8) is 0 Å². The lowest BCUT2D eigenvalue weighted by molar-refractivity contribution is -0.126. The second kappa shape index (κ2) is 13.1. The average molecular weight is 679 g/mol. The number of hydrogen-bond donors (Lipinski definition) is 1. The van der Waals surface area contributed by atoms with E-state index >= 15 is 0 Å². The fourth-order valence-electron chi connectivity index (χ4n) is 6.63. The lowest BCUT2D eigenvalue weighted by Crippen LogP contribution is -2.39. The van der Waals surface area contributed by atoms with E-state index < -0.39 is 19.7 Å². The maximum absolute atomic E-state index is 12.9. The van der Waals surface area contributed by atoms with Gasteiger partial charge in [-0.15, -0.1) is 11.3 Å². The summed E-state index contributed by atoms with van der Waals surface area (Å²) < 4.78 is 53.7. The van der Waals surface area contributed by atoms with Crippen molar-refractivity contribution in [2.45, 2.75) is 64.8 Å². The van der Waals surface area contributed by atoms with Crippen molar-refractivity contribution in [2.75, 3.05) is 31.7 Å². The second-order valence-electron chi connectivity index (χ2n) is 12.9. The molecule has 1 aliphatic heterocycles. The van der Waals surface area contributed by atoms with Gasteiger partial charge in [0.05, 0.1) is 11.8 Å². The largest absolute Gasteiger partial charge is 0.393 e. The van der Waals surface area contributed by atoms with Gasteiger partial charge in [-0.3, -0.25) is 4.90 Å². The maximum atomic E-state index is 12.9. The lowest BCUT2D eigenvalue weighted by Gasteiger charge is -2.33. The van der Waals surface area contributed by atoms with Gasteiger partial charge in [0.15, 0.2) is 0 Å². The van der Waals surface area contributed by atoms with Crippen LogP contribution in [0, 0.1) is 25.2 Å². The molecule has 0 bridgehead atoms. The molecule has 47 heavy (non-hydrogen) atoms. The van der Waals surface area contributed by atoms with Crippen molar-refractivity contribution < 1.29 is 17.7 Å². The highest BCUT2D eigenvalue weighted by atomic mass is 32.1. The average Bonchev–Trinajstić information content (AvgIpc) is 3.59. The van der Waals surface area contributed by atoms with Crippen molar-refractivity contribution in [3.8, 4) is 6.07 Å². The summed E-state index contributed by atoms with van der Waals surface area (Å²) in [5.74, 6) is 0.593. The Morgan fingerprint density at radius 3 is 2.53 bits per heavy atom. The Kier molecular flexibility index (Phi) is 9.23. The van der Waals surface area contributed by atoms with E-state index in [1.807, 2.05) is 19.1 Å². The molecule has 2 aromatic carbocycles. The van der Waals surface area contributed by atoms with Crippen LogP contribution in [0.4, 0.5) is 19.0 Å². The predicted molar refractivity (Wildman–Crippen MR) is 184 cm³/mol. The van der Waals surface area contributed by atoms with Gasteiger partial charge in [0.1, 0.15) is 35.9 Å². The monoisotopic (exact) mass is 678 g/mol. The van der Waals surface area contributed by atoms with Gasteiger partial charge in [0.25, 0.3) is 0 Å². The van der Waals surface area contributed by atoms with E-state index in [0.29, 0.717) is 28.3 Å². The number of hydrogen-bond acceptors (Lipinski definition) is 7. The molecule has 246 valence electrons. The SMILES string of the molecule is Cc1ccc(CCn2c(C#N)cc3c(C)c(CN4CCC(Nc5ncnc6sc(CC(F)(F)F)cc56)CC4)ccc32)cc1P(C)(C)=O. The molecular weight excluding hydrogens is 640 g/mol.